The fourth-order valence-electron chi connectivity index (χ4n) is 1.41. The van der Waals surface area contributed by atoms with Crippen LogP contribution in [0.25, 0.3) is 10.9 Å². The molecule has 0 aliphatic heterocycles. The van der Waals surface area contributed by atoms with Crippen LogP contribution in [0.5, 0.6) is 0 Å². The second-order valence-electron chi connectivity index (χ2n) is 2.87. The lowest BCUT2D eigenvalue weighted by atomic mass is 10.2. The minimum atomic E-state index is 0.414. The fourth-order valence-corrected chi connectivity index (χ4v) is 1.78. The van der Waals surface area contributed by atoms with Crippen molar-refractivity contribution in [3.63, 3.8) is 0 Å². The molecule has 0 fully saturated rings. The van der Waals surface area contributed by atoms with E-state index in [4.69, 9.17) is 23.2 Å². The van der Waals surface area contributed by atoms with Gasteiger partial charge in [-0.3, -0.25) is 4.68 Å². The average Bonchev–Trinajstić information content (AvgIpc) is 2.42. The van der Waals surface area contributed by atoms with Crippen molar-refractivity contribution in [2.75, 3.05) is 0 Å². The summed E-state index contributed by atoms with van der Waals surface area (Å²) in [5.74, 6) is 0.414. The van der Waals surface area contributed by atoms with Crippen molar-refractivity contribution in [3.05, 3.63) is 28.9 Å². The van der Waals surface area contributed by atoms with Crippen molar-refractivity contribution >= 4 is 34.1 Å². The van der Waals surface area contributed by atoms with Gasteiger partial charge in [0.1, 0.15) is 0 Å². The number of aromatic nitrogens is 2. The van der Waals surface area contributed by atoms with Crippen LogP contribution in [-0.4, -0.2) is 9.78 Å². The average molecular weight is 215 g/mol. The zero-order valence-corrected chi connectivity index (χ0v) is 8.60. The molecule has 2 rings (SSSR count). The molecule has 0 spiro atoms. The number of hydrogen-bond donors (Lipinski definition) is 0. The summed E-state index contributed by atoms with van der Waals surface area (Å²) in [6.45, 7) is 0. The van der Waals surface area contributed by atoms with Gasteiger partial charge in [-0.15, -0.1) is 11.6 Å². The highest BCUT2D eigenvalue weighted by Crippen LogP contribution is 2.22. The Morgan fingerprint density at radius 1 is 1.46 bits per heavy atom. The summed E-state index contributed by atoms with van der Waals surface area (Å²) in [6, 6.07) is 5.69. The van der Waals surface area contributed by atoms with Crippen LogP contribution in [0.15, 0.2) is 18.2 Å². The molecule has 2 aromatic rings. The first-order chi connectivity index (χ1) is 6.22. The van der Waals surface area contributed by atoms with E-state index >= 15 is 0 Å². The van der Waals surface area contributed by atoms with Gasteiger partial charge in [0.2, 0.25) is 0 Å². The molecule has 1 aromatic carbocycles. The van der Waals surface area contributed by atoms with E-state index in [0.717, 1.165) is 16.6 Å². The number of fused-ring (bicyclic) bond motifs is 1. The van der Waals surface area contributed by atoms with Gasteiger partial charge in [-0.2, -0.15) is 5.10 Å². The summed E-state index contributed by atoms with van der Waals surface area (Å²) >= 11 is 11.6. The molecule has 1 aromatic heterocycles. The van der Waals surface area contributed by atoms with Crippen LogP contribution in [0.3, 0.4) is 0 Å². The molecular formula is C9H8Cl2N2. The van der Waals surface area contributed by atoms with Gasteiger partial charge in [0.05, 0.1) is 17.1 Å². The van der Waals surface area contributed by atoms with Gasteiger partial charge < -0.3 is 0 Å². The second-order valence-corrected chi connectivity index (χ2v) is 3.57. The first kappa shape index (κ1) is 8.85. The van der Waals surface area contributed by atoms with Gasteiger partial charge >= 0.3 is 0 Å². The Balaban J connectivity index is 2.81. The van der Waals surface area contributed by atoms with Gasteiger partial charge in [-0.05, 0) is 18.2 Å². The minimum absolute atomic E-state index is 0.414. The van der Waals surface area contributed by atoms with E-state index in [9.17, 15) is 0 Å². The molecule has 68 valence electrons. The van der Waals surface area contributed by atoms with Crippen molar-refractivity contribution in [1.29, 1.82) is 0 Å². The van der Waals surface area contributed by atoms with Crippen LogP contribution in [0, 0.1) is 0 Å². The highest BCUT2D eigenvalue weighted by atomic mass is 35.5. The summed E-state index contributed by atoms with van der Waals surface area (Å²) in [6.07, 6.45) is 0. The third-order valence-corrected chi connectivity index (χ3v) is 2.50. The number of nitrogens with zero attached hydrogens (tertiary/aromatic N) is 2. The monoisotopic (exact) mass is 214 g/mol. The Morgan fingerprint density at radius 3 is 2.92 bits per heavy atom. The third-order valence-electron chi connectivity index (χ3n) is 2.02. The van der Waals surface area contributed by atoms with Gasteiger partial charge in [0.15, 0.2) is 0 Å². The molecule has 0 unspecified atom stereocenters. The number of halogens is 2. The van der Waals surface area contributed by atoms with Crippen LogP contribution >= 0.6 is 23.2 Å². The molecule has 0 saturated carbocycles. The van der Waals surface area contributed by atoms with E-state index in [0.29, 0.717) is 10.9 Å². The van der Waals surface area contributed by atoms with E-state index in [1.165, 1.54) is 0 Å². The topological polar surface area (TPSA) is 17.8 Å². The molecule has 0 atom stereocenters. The predicted molar refractivity (Wildman–Crippen MR) is 55.3 cm³/mol. The zero-order valence-electron chi connectivity index (χ0n) is 7.09. The highest BCUT2D eigenvalue weighted by molar-refractivity contribution is 6.31. The number of rotatable bonds is 1. The normalized spacial score (nSPS) is 11.0. The maximum Gasteiger partial charge on any atom is 0.0851 e. The Labute approximate surface area is 86.1 Å². The van der Waals surface area contributed by atoms with Crippen molar-refractivity contribution in [2.45, 2.75) is 5.88 Å². The van der Waals surface area contributed by atoms with E-state index < -0.39 is 0 Å². The van der Waals surface area contributed by atoms with Gasteiger partial charge in [0.25, 0.3) is 0 Å². The number of alkyl halides is 1. The molecule has 1 heterocycles. The van der Waals surface area contributed by atoms with Crippen LogP contribution in [0.1, 0.15) is 5.69 Å². The van der Waals surface area contributed by atoms with Crippen LogP contribution in [-0.2, 0) is 12.9 Å². The summed E-state index contributed by atoms with van der Waals surface area (Å²) in [4.78, 5) is 0. The van der Waals surface area contributed by atoms with E-state index in [-0.39, 0.29) is 0 Å². The molecular weight excluding hydrogens is 207 g/mol. The predicted octanol–water partition coefficient (Wildman–Crippen LogP) is 2.97. The summed E-state index contributed by atoms with van der Waals surface area (Å²) in [5.41, 5.74) is 1.93. The lowest BCUT2D eigenvalue weighted by Crippen LogP contribution is -1.89. The molecule has 0 radical (unpaired) electrons. The summed E-state index contributed by atoms with van der Waals surface area (Å²) in [5, 5.41) is 6.02. The maximum atomic E-state index is 5.88. The molecule has 0 aliphatic rings. The number of hydrogen-bond acceptors (Lipinski definition) is 1. The van der Waals surface area contributed by atoms with E-state index in [2.05, 4.69) is 5.10 Å². The zero-order chi connectivity index (χ0) is 9.42. The molecule has 0 saturated heterocycles. The highest BCUT2D eigenvalue weighted by Gasteiger charge is 2.06. The van der Waals surface area contributed by atoms with E-state index in [1.54, 1.807) is 0 Å². The van der Waals surface area contributed by atoms with Crippen molar-refractivity contribution in [2.24, 2.45) is 7.05 Å². The van der Waals surface area contributed by atoms with Crippen molar-refractivity contribution in [3.8, 4) is 0 Å². The molecule has 0 bridgehead atoms. The molecule has 0 aliphatic carbocycles. The smallest absolute Gasteiger partial charge is 0.0851 e. The fraction of sp³-hybridized carbons (Fsp3) is 0.222. The van der Waals surface area contributed by atoms with Crippen LogP contribution in [0.4, 0.5) is 0 Å². The SMILES string of the molecule is Cn1nc(CCl)c2cc(Cl)ccc21. The lowest BCUT2D eigenvalue weighted by Gasteiger charge is -1.93. The molecule has 13 heavy (non-hydrogen) atoms. The van der Waals surface area contributed by atoms with Gasteiger partial charge in [0, 0.05) is 17.5 Å². The van der Waals surface area contributed by atoms with Crippen LogP contribution < -0.4 is 0 Å². The molecule has 4 heteroatoms. The van der Waals surface area contributed by atoms with Crippen molar-refractivity contribution < 1.29 is 0 Å². The van der Waals surface area contributed by atoms with Gasteiger partial charge in [-0.1, -0.05) is 11.6 Å². The second kappa shape index (κ2) is 3.20. The molecule has 0 N–H and O–H groups in total. The summed E-state index contributed by atoms with van der Waals surface area (Å²) < 4.78 is 1.81. The number of benzene rings is 1. The van der Waals surface area contributed by atoms with Crippen molar-refractivity contribution in [1.82, 2.24) is 9.78 Å². The first-order valence-corrected chi connectivity index (χ1v) is 4.80. The quantitative estimate of drug-likeness (QED) is 0.668. The van der Waals surface area contributed by atoms with Gasteiger partial charge in [-0.25, -0.2) is 0 Å². The number of aryl methyl sites for hydroxylation is 1. The molecule has 2 nitrogen and oxygen atoms in total. The Morgan fingerprint density at radius 2 is 2.23 bits per heavy atom. The molecule has 0 amide bonds. The third kappa shape index (κ3) is 1.40. The lowest BCUT2D eigenvalue weighted by molar-refractivity contribution is 0.780. The largest absolute Gasteiger partial charge is 0.268 e. The maximum absolute atomic E-state index is 5.88. The van der Waals surface area contributed by atoms with E-state index in [1.807, 2.05) is 29.9 Å². The Hall–Kier alpha value is -0.730. The minimum Gasteiger partial charge on any atom is -0.268 e. The summed E-state index contributed by atoms with van der Waals surface area (Å²) in [7, 11) is 1.90. The standard InChI is InChI=1S/C9H8Cl2N2/c1-13-9-3-2-6(11)4-7(9)8(5-10)12-13/h2-4H,5H2,1H3. The first-order valence-electron chi connectivity index (χ1n) is 3.89. The Bertz CT molecular complexity index is 448. The Kier molecular flexibility index (Phi) is 2.18. The van der Waals surface area contributed by atoms with Crippen LogP contribution in [0.2, 0.25) is 5.02 Å².